The molecule has 10 nitrogen and oxygen atoms in total. The van der Waals surface area contributed by atoms with Gasteiger partial charge in [-0.25, -0.2) is 4.99 Å². The van der Waals surface area contributed by atoms with Crippen LogP contribution in [0.2, 0.25) is 0 Å². The van der Waals surface area contributed by atoms with Crippen LogP contribution in [0.5, 0.6) is 0 Å². The van der Waals surface area contributed by atoms with Crippen molar-refractivity contribution in [3.63, 3.8) is 0 Å². The first kappa shape index (κ1) is 21.9. The quantitative estimate of drug-likeness (QED) is 0.535. The van der Waals surface area contributed by atoms with E-state index in [-0.39, 0.29) is 6.04 Å². The van der Waals surface area contributed by atoms with Crippen molar-refractivity contribution in [2.24, 2.45) is 9.98 Å². The Labute approximate surface area is 188 Å². The third kappa shape index (κ3) is 4.78. The van der Waals surface area contributed by atoms with Gasteiger partial charge >= 0.3 is 0 Å². The van der Waals surface area contributed by atoms with E-state index < -0.39 is 0 Å². The molecule has 0 spiro atoms. The van der Waals surface area contributed by atoms with Gasteiger partial charge in [0.05, 0.1) is 6.07 Å². The van der Waals surface area contributed by atoms with Crippen molar-refractivity contribution in [3.05, 3.63) is 11.8 Å². The molecule has 168 valence electrons. The van der Waals surface area contributed by atoms with Gasteiger partial charge in [-0.05, 0) is 52.7 Å². The zero-order valence-electron chi connectivity index (χ0n) is 18.7. The van der Waals surface area contributed by atoms with E-state index in [1.54, 1.807) is 6.21 Å². The Kier molecular flexibility index (Phi) is 6.75. The summed E-state index contributed by atoms with van der Waals surface area (Å²) in [6.45, 7) is 8.32. The van der Waals surface area contributed by atoms with Crippen molar-refractivity contribution < 1.29 is 0 Å². The number of aromatic amines is 1. The van der Waals surface area contributed by atoms with E-state index in [0.717, 1.165) is 31.5 Å². The number of nitrogens with zero attached hydrogens (tertiary/aromatic N) is 7. The number of nitriles is 1. The highest BCUT2D eigenvalue weighted by Gasteiger charge is 2.37. The van der Waals surface area contributed by atoms with Crippen molar-refractivity contribution in [2.75, 3.05) is 17.2 Å². The molecule has 0 saturated carbocycles. The molecule has 4 rings (SSSR count). The Morgan fingerprint density at radius 2 is 2.12 bits per heavy atom. The first-order valence-electron chi connectivity index (χ1n) is 11.2. The summed E-state index contributed by atoms with van der Waals surface area (Å²) in [5, 5.41) is 22.9. The Morgan fingerprint density at radius 3 is 2.84 bits per heavy atom. The lowest BCUT2D eigenvalue weighted by Crippen LogP contribution is -2.36. The SMILES string of the molecule is C=Nc1nc(Nc2cc(C)[nH]n2)nc(N[C@@H]2CCC3CC[C@@H](C2)N3CCC#N)c1N=CC. The fourth-order valence-corrected chi connectivity index (χ4v) is 4.84. The molecule has 2 aliphatic rings. The topological polar surface area (TPSA) is 130 Å². The van der Waals surface area contributed by atoms with Crippen LogP contribution in [0.15, 0.2) is 16.1 Å². The molecule has 0 aromatic carbocycles. The average Bonchev–Trinajstić information content (AvgIpc) is 3.31. The predicted octanol–water partition coefficient (Wildman–Crippen LogP) is 4.02. The van der Waals surface area contributed by atoms with Crippen molar-refractivity contribution in [1.82, 2.24) is 25.1 Å². The van der Waals surface area contributed by atoms with Gasteiger partial charge < -0.3 is 10.6 Å². The van der Waals surface area contributed by atoms with Crippen molar-refractivity contribution in [3.8, 4) is 6.07 Å². The summed E-state index contributed by atoms with van der Waals surface area (Å²) in [7, 11) is 0. The van der Waals surface area contributed by atoms with E-state index >= 15 is 0 Å². The molecular weight excluding hydrogens is 404 g/mol. The molecule has 1 unspecified atom stereocenters. The Bertz CT molecular complexity index is 1020. The molecule has 3 N–H and O–H groups in total. The maximum absolute atomic E-state index is 9.03. The van der Waals surface area contributed by atoms with Crippen LogP contribution in [0.1, 0.15) is 51.1 Å². The molecule has 0 aliphatic carbocycles. The number of fused-ring (bicyclic) bond motifs is 2. The van der Waals surface area contributed by atoms with Gasteiger partial charge in [-0.3, -0.25) is 15.0 Å². The first-order valence-corrected chi connectivity index (χ1v) is 11.2. The van der Waals surface area contributed by atoms with E-state index in [1.165, 1.54) is 12.8 Å². The summed E-state index contributed by atoms with van der Waals surface area (Å²) >= 11 is 0. The summed E-state index contributed by atoms with van der Waals surface area (Å²) in [4.78, 5) is 20.3. The van der Waals surface area contributed by atoms with Gasteiger partial charge in [0.15, 0.2) is 17.5 Å². The smallest absolute Gasteiger partial charge is 0.232 e. The number of rotatable bonds is 8. The molecule has 4 heterocycles. The molecule has 0 radical (unpaired) electrons. The van der Waals surface area contributed by atoms with Crippen LogP contribution in [-0.2, 0) is 0 Å². The molecule has 2 fully saturated rings. The average molecular weight is 435 g/mol. The minimum Gasteiger partial charge on any atom is -0.365 e. The van der Waals surface area contributed by atoms with E-state index in [9.17, 15) is 0 Å². The molecule has 10 heteroatoms. The summed E-state index contributed by atoms with van der Waals surface area (Å²) in [5.41, 5.74) is 1.52. The van der Waals surface area contributed by atoms with Gasteiger partial charge in [0.25, 0.3) is 0 Å². The van der Waals surface area contributed by atoms with Crippen molar-refractivity contribution in [2.45, 2.75) is 70.5 Å². The number of anilines is 3. The van der Waals surface area contributed by atoms with Crippen LogP contribution < -0.4 is 10.6 Å². The zero-order chi connectivity index (χ0) is 22.5. The second-order valence-electron chi connectivity index (χ2n) is 8.36. The summed E-state index contributed by atoms with van der Waals surface area (Å²) in [6, 6.07) is 5.51. The monoisotopic (exact) mass is 434 g/mol. The number of aromatic nitrogens is 4. The summed E-state index contributed by atoms with van der Waals surface area (Å²) in [5.74, 6) is 2.08. The Morgan fingerprint density at radius 1 is 1.31 bits per heavy atom. The third-order valence-electron chi connectivity index (χ3n) is 6.22. The Hall–Kier alpha value is -3.32. The fourth-order valence-electron chi connectivity index (χ4n) is 4.84. The lowest BCUT2D eigenvalue weighted by Gasteiger charge is -2.27. The number of H-pyrrole nitrogens is 1. The molecule has 0 amide bonds. The van der Waals surface area contributed by atoms with E-state index in [1.807, 2.05) is 19.9 Å². The molecule has 3 atom stereocenters. The third-order valence-corrected chi connectivity index (χ3v) is 6.22. The van der Waals surface area contributed by atoms with Crippen LogP contribution in [0.4, 0.5) is 29.1 Å². The number of nitrogens with one attached hydrogen (secondary N) is 3. The molecule has 2 aromatic rings. The minimum absolute atomic E-state index is 0.258. The van der Waals surface area contributed by atoms with Crippen LogP contribution >= 0.6 is 0 Å². The van der Waals surface area contributed by atoms with Crippen LogP contribution in [0, 0.1) is 18.3 Å². The van der Waals surface area contributed by atoms with Crippen molar-refractivity contribution >= 4 is 42.0 Å². The second-order valence-corrected chi connectivity index (χ2v) is 8.36. The van der Waals surface area contributed by atoms with E-state index in [2.05, 4.69) is 53.5 Å². The maximum atomic E-state index is 9.03. The van der Waals surface area contributed by atoms with Crippen LogP contribution in [0.25, 0.3) is 0 Å². The highest BCUT2D eigenvalue weighted by Crippen LogP contribution is 2.38. The van der Waals surface area contributed by atoms with Gasteiger partial charge in [-0.2, -0.15) is 20.3 Å². The van der Waals surface area contributed by atoms with Crippen LogP contribution in [-0.4, -0.2) is 62.7 Å². The highest BCUT2D eigenvalue weighted by atomic mass is 15.3. The highest BCUT2D eigenvalue weighted by molar-refractivity contribution is 5.79. The number of hydrogen-bond acceptors (Lipinski definition) is 9. The molecule has 2 aliphatic heterocycles. The zero-order valence-corrected chi connectivity index (χ0v) is 18.7. The number of hydrogen-bond donors (Lipinski definition) is 3. The molecule has 32 heavy (non-hydrogen) atoms. The largest absolute Gasteiger partial charge is 0.365 e. The molecule has 2 aromatic heterocycles. The minimum atomic E-state index is 0.258. The van der Waals surface area contributed by atoms with Crippen LogP contribution in [0.3, 0.4) is 0 Å². The first-order chi connectivity index (χ1) is 15.6. The Balaban J connectivity index is 1.58. The van der Waals surface area contributed by atoms with Gasteiger partial charge in [0, 0.05) is 49.1 Å². The molecular formula is C22H30N10. The van der Waals surface area contributed by atoms with Gasteiger partial charge in [0.1, 0.15) is 5.69 Å². The van der Waals surface area contributed by atoms with Crippen molar-refractivity contribution in [1.29, 1.82) is 5.26 Å². The summed E-state index contributed by atoms with van der Waals surface area (Å²) in [6.07, 6.45) is 7.87. The molecule has 2 saturated heterocycles. The summed E-state index contributed by atoms with van der Waals surface area (Å²) < 4.78 is 0. The van der Waals surface area contributed by atoms with E-state index in [4.69, 9.17) is 10.2 Å². The number of aliphatic imine (C=N–C) groups is 2. The lowest BCUT2D eigenvalue weighted by molar-refractivity contribution is 0.198. The standard InChI is InChI=1S/C22H30N10/c1-4-25-19-20(24-3)28-22(27-18-12-14(2)30-31-18)29-21(19)26-15-6-7-16-8-9-17(13-15)32(16)11-5-10-23/h4,12,15-17H,3,5-9,11,13H2,1-2H3,(H3,26,27,28,29,30,31)/t15-,16?,17+/m1/s1. The van der Waals surface area contributed by atoms with Gasteiger partial charge in [-0.1, -0.05) is 0 Å². The van der Waals surface area contributed by atoms with Gasteiger partial charge in [0.2, 0.25) is 5.95 Å². The molecule has 2 bridgehead atoms. The predicted molar refractivity (Wildman–Crippen MR) is 127 cm³/mol. The fraction of sp³-hybridized carbons (Fsp3) is 0.545. The van der Waals surface area contributed by atoms with E-state index in [0.29, 0.717) is 47.6 Å². The lowest BCUT2D eigenvalue weighted by atomic mass is 9.97. The normalized spacial score (nSPS) is 23.1. The van der Waals surface area contributed by atoms with Gasteiger partial charge in [-0.15, -0.1) is 0 Å². The second kappa shape index (κ2) is 9.87. The maximum Gasteiger partial charge on any atom is 0.232 e. The number of aryl methyl sites for hydroxylation is 1.